The molecule has 0 aliphatic heterocycles. The lowest BCUT2D eigenvalue weighted by Gasteiger charge is -2.12. The lowest BCUT2D eigenvalue weighted by Crippen LogP contribution is -2.26. The summed E-state index contributed by atoms with van der Waals surface area (Å²) in [5.41, 5.74) is 2.05. The van der Waals surface area contributed by atoms with Gasteiger partial charge in [0.1, 0.15) is 5.82 Å². The highest BCUT2D eigenvalue weighted by atomic mass is 19.1. The molecule has 1 atom stereocenters. The van der Waals surface area contributed by atoms with Gasteiger partial charge in [0.25, 0.3) is 0 Å². The molecule has 1 N–H and O–H groups in total. The highest BCUT2D eigenvalue weighted by Gasteiger charge is 2.26. The smallest absolute Gasteiger partial charge is 0.311 e. The number of aromatic amines is 1. The van der Waals surface area contributed by atoms with Crippen molar-refractivity contribution in [1.29, 1.82) is 0 Å². The number of hydrogen-bond donors (Lipinski definition) is 1. The molecule has 0 spiro atoms. The zero-order valence-corrected chi connectivity index (χ0v) is 14.6. The van der Waals surface area contributed by atoms with Crippen LogP contribution in [0.2, 0.25) is 0 Å². The zero-order valence-electron chi connectivity index (χ0n) is 14.6. The number of aromatic nitrogens is 1. The number of H-pyrrole nitrogens is 1. The molecule has 25 heavy (non-hydrogen) atoms. The summed E-state index contributed by atoms with van der Waals surface area (Å²) in [5.74, 6) is -1.77. The van der Waals surface area contributed by atoms with Gasteiger partial charge in [-0.1, -0.05) is 18.2 Å². The Bertz CT molecular complexity index is 838. The van der Waals surface area contributed by atoms with Crippen LogP contribution < -0.4 is 0 Å². The molecule has 132 valence electrons. The number of ether oxygens (including phenoxy) is 1. The molecule has 0 aliphatic rings. The molecule has 0 radical (unpaired) electrons. The molecule has 6 heteroatoms. The summed E-state index contributed by atoms with van der Waals surface area (Å²) < 4.78 is 18.7. The van der Waals surface area contributed by atoms with Crippen LogP contribution in [0.4, 0.5) is 4.39 Å². The van der Waals surface area contributed by atoms with E-state index in [9.17, 15) is 18.8 Å². The van der Waals surface area contributed by atoms with Crippen molar-refractivity contribution in [2.75, 3.05) is 0 Å². The molecule has 1 aromatic carbocycles. The Hall–Kier alpha value is -2.76. The molecule has 2 aromatic rings. The quantitative estimate of drug-likeness (QED) is 0.643. The zero-order chi connectivity index (χ0) is 18.7. The van der Waals surface area contributed by atoms with Crippen molar-refractivity contribution in [2.45, 2.75) is 40.2 Å². The highest BCUT2D eigenvalue weighted by molar-refractivity contribution is 6.05. The summed E-state index contributed by atoms with van der Waals surface area (Å²) >= 11 is 0. The van der Waals surface area contributed by atoms with Crippen molar-refractivity contribution in [1.82, 2.24) is 4.98 Å². The third-order valence-corrected chi connectivity index (χ3v) is 4.01. The van der Waals surface area contributed by atoms with Gasteiger partial charge in [-0.3, -0.25) is 14.4 Å². The summed E-state index contributed by atoms with van der Waals surface area (Å²) in [5, 5.41) is 0. The first-order valence-corrected chi connectivity index (χ1v) is 7.89. The number of halogens is 1. The van der Waals surface area contributed by atoms with E-state index >= 15 is 0 Å². The van der Waals surface area contributed by atoms with Crippen molar-refractivity contribution in [3.63, 3.8) is 0 Å². The summed E-state index contributed by atoms with van der Waals surface area (Å²) in [7, 11) is 0. The lowest BCUT2D eigenvalue weighted by molar-refractivity contribution is -0.145. The molecule has 0 aliphatic carbocycles. The van der Waals surface area contributed by atoms with Crippen LogP contribution in [0.1, 0.15) is 51.5 Å². The van der Waals surface area contributed by atoms with Crippen LogP contribution in [0, 0.1) is 19.7 Å². The van der Waals surface area contributed by atoms with Gasteiger partial charge < -0.3 is 9.72 Å². The minimum atomic E-state index is -1.05. The van der Waals surface area contributed by atoms with E-state index in [0.717, 1.165) is 0 Å². The number of ketones is 2. The molecule has 1 aromatic heterocycles. The average Bonchev–Trinajstić information content (AvgIpc) is 2.83. The maximum Gasteiger partial charge on any atom is 0.311 e. The maximum absolute atomic E-state index is 13.6. The van der Waals surface area contributed by atoms with Crippen LogP contribution in [-0.2, 0) is 16.0 Å². The van der Waals surface area contributed by atoms with Gasteiger partial charge in [-0.25, -0.2) is 4.39 Å². The minimum absolute atomic E-state index is 0.144. The summed E-state index contributed by atoms with van der Waals surface area (Å²) in [6, 6.07) is 5.89. The maximum atomic E-state index is 13.6. The number of aryl methyl sites for hydroxylation is 1. The van der Waals surface area contributed by atoms with Gasteiger partial charge in [0.2, 0.25) is 5.78 Å². The second kappa shape index (κ2) is 7.42. The molecule has 0 unspecified atom stereocenters. The van der Waals surface area contributed by atoms with Crippen LogP contribution in [-0.4, -0.2) is 28.6 Å². The average molecular weight is 345 g/mol. The van der Waals surface area contributed by atoms with Gasteiger partial charge >= 0.3 is 5.97 Å². The molecule has 5 nitrogen and oxygen atoms in total. The van der Waals surface area contributed by atoms with Crippen LogP contribution in [0.3, 0.4) is 0 Å². The molecule has 0 saturated heterocycles. The fourth-order valence-electron chi connectivity index (χ4n) is 2.82. The van der Waals surface area contributed by atoms with Crippen molar-refractivity contribution in [3.8, 4) is 0 Å². The van der Waals surface area contributed by atoms with Crippen LogP contribution in [0.15, 0.2) is 24.3 Å². The third kappa shape index (κ3) is 4.02. The summed E-state index contributed by atoms with van der Waals surface area (Å²) in [6.45, 7) is 6.25. The molecule has 0 amide bonds. The third-order valence-electron chi connectivity index (χ3n) is 4.01. The minimum Gasteiger partial charge on any atom is -0.454 e. The van der Waals surface area contributed by atoms with Crippen molar-refractivity contribution >= 4 is 17.5 Å². The first-order chi connectivity index (χ1) is 11.7. The standard InChI is InChI=1S/C19H20FNO4/c1-10-17(12(3)22)11(2)21-18(10)19(24)13(4)25-16(23)9-14-7-5-6-8-15(14)20/h5-8,13,21H,9H2,1-4H3/t13-/m1/s1. The van der Waals surface area contributed by atoms with Gasteiger partial charge in [-0.2, -0.15) is 0 Å². The number of esters is 1. The van der Waals surface area contributed by atoms with E-state index in [1.807, 2.05) is 0 Å². The number of nitrogens with one attached hydrogen (secondary N) is 1. The molecular weight excluding hydrogens is 325 g/mol. The second-order valence-electron chi connectivity index (χ2n) is 5.95. The topological polar surface area (TPSA) is 76.2 Å². The van der Waals surface area contributed by atoms with Gasteiger partial charge in [-0.15, -0.1) is 0 Å². The van der Waals surface area contributed by atoms with E-state index in [1.54, 1.807) is 19.9 Å². The van der Waals surface area contributed by atoms with Gasteiger partial charge in [0, 0.05) is 11.3 Å². The van der Waals surface area contributed by atoms with Gasteiger partial charge in [0.05, 0.1) is 12.1 Å². The Labute approximate surface area is 145 Å². The first kappa shape index (κ1) is 18.6. The van der Waals surface area contributed by atoms with Gasteiger partial charge in [-0.05, 0) is 44.9 Å². The number of rotatable bonds is 6. The van der Waals surface area contributed by atoms with E-state index in [2.05, 4.69) is 4.98 Å². The first-order valence-electron chi connectivity index (χ1n) is 7.89. The number of carbonyl (C=O) groups excluding carboxylic acids is 3. The van der Waals surface area contributed by atoms with Crippen molar-refractivity contribution in [3.05, 3.63) is 58.2 Å². The molecule has 0 fully saturated rings. The van der Waals surface area contributed by atoms with Crippen LogP contribution >= 0.6 is 0 Å². The van der Waals surface area contributed by atoms with E-state index < -0.39 is 23.7 Å². The predicted octanol–water partition coefficient (Wildman–Crippen LogP) is 3.33. The van der Waals surface area contributed by atoms with Crippen LogP contribution in [0.5, 0.6) is 0 Å². The Morgan fingerprint density at radius 1 is 1.20 bits per heavy atom. The Kier molecular flexibility index (Phi) is 5.51. The van der Waals surface area contributed by atoms with Crippen LogP contribution in [0.25, 0.3) is 0 Å². The van der Waals surface area contributed by atoms with E-state index in [1.165, 1.54) is 32.0 Å². The fraction of sp³-hybridized carbons (Fsp3) is 0.316. The second-order valence-corrected chi connectivity index (χ2v) is 5.95. The predicted molar refractivity (Wildman–Crippen MR) is 90.3 cm³/mol. The van der Waals surface area contributed by atoms with E-state index in [0.29, 0.717) is 16.8 Å². The molecular formula is C19H20FNO4. The molecule has 2 rings (SSSR count). The number of carbonyl (C=O) groups is 3. The number of benzene rings is 1. The number of Topliss-reactive ketones (excluding diaryl/α,β-unsaturated/α-hetero) is 2. The van der Waals surface area contributed by atoms with E-state index in [-0.39, 0.29) is 23.5 Å². The molecule has 0 saturated carbocycles. The van der Waals surface area contributed by atoms with Gasteiger partial charge in [0.15, 0.2) is 11.9 Å². The Balaban J connectivity index is 2.10. The normalized spacial score (nSPS) is 11.9. The Morgan fingerprint density at radius 3 is 2.40 bits per heavy atom. The Morgan fingerprint density at radius 2 is 1.84 bits per heavy atom. The largest absolute Gasteiger partial charge is 0.454 e. The lowest BCUT2D eigenvalue weighted by atomic mass is 10.0. The SMILES string of the molecule is CC(=O)c1c(C)[nH]c(C(=O)[C@@H](C)OC(=O)Cc2ccccc2F)c1C. The number of hydrogen-bond acceptors (Lipinski definition) is 4. The molecule has 1 heterocycles. The van der Waals surface area contributed by atoms with E-state index in [4.69, 9.17) is 4.74 Å². The molecule has 0 bridgehead atoms. The highest BCUT2D eigenvalue weighted by Crippen LogP contribution is 2.20. The summed E-state index contributed by atoms with van der Waals surface area (Å²) in [6.07, 6.45) is -1.30. The fourth-order valence-corrected chi connectivity index (χ4v) is 2.82. The van der Waals surface area contributed by atoms with Crippen molar-refractivity contribution in [2.24, 2.45) is 0 Å². The monoisotopic (exact) mass is 345 g/mol. The van der Waals surface area contributed by atoms with Crippen molar-refractivity contribution < 1.29 is 23.5 Å². The summed E-state index contributed by atoms with van der Waals surface area (Å²) in [4.78, 5) is 39.0.